The fourth-order valence-corrected chi connectivity index (χ4v) is 2.11. The molecule has 0 saturated carbocycles. The predicted octanol–water partition coefficient (Wildman–Crippen LogP) is 1.80. The van der Waals surface area contributed by atoms with E-state index in [0.29, 0.717) is 11.9 Å². The molecule has 0 aliphatic rings. The van der Waals surface area contributed by atoms with Crippen molar-refractivity contribution in [3.63, 3.8) is 0 Å². The number of rotatable bonds is 8. The average Bonchev–Trinajstić information content (AvgIpc) is 2.48. The van der Waals surface area contributed by atoms with E-state index in [9.17, 15) is 4.79 Å². The smallest absolute Gasteiger partial charge is 0.261 e. The minimum atomic E-state index is 0.0190. The van der Waals surface area contributed by atoms with Crippen molar-refractivity contribution in [2.24, 2.45) is 0 Å². The molecule has 21 heavy (non-hydrogen) atoms. The van der Waals surface area contributed by atoms with Gasteiger partial charge in [-0.3, -0.25) is 9.36 Å². The van der Waals surface area contributed by atoms with Crippen LogP contribution >= 0.6 is 0 Å². The fraction of sp³-hybridized carbons (Fsp3) is 0.500. The van der Waals surface area contributed by atoms with E-state index in [0.717, 1.165) is 31.6 Å². The summed E-state index contributed by atoms with van der Waals surface area (Å²) in [6.45, 7) is 7.10. The summed E-state index contributed by atoms with van der Waals surface area (Å²) < 4.78 is 7.12. The van der Waals surface area contributed by atoms with Crippen LogP contribution in [0.4, 0.5) is 0 Å². The molecule has 0 saturated heterocycles. The van der Waals surface area contributed by atoms with Crippen molar-refractivity contribution in [1.82, 2.24) is 14.9 Å². The van der Waals surface area contributed by atoms with Crippen LogP contribution in [-0.4, -0.2) is 35.4 Å². The summed E-state index contributed by atoms with van der Waals surface area (Å²) in [5.41, 5.74) is 0.767. The van der Waals surface area contributed by atoms with E-state index in [4.69, 9.17) is 4.74 Å². The van der Waals surface area contributed by atoms with E-state index in [1.165, 1.54) is 0 Å². The molecule has 2 aromatic rings. The molecule has 114 valence electrons. The van der Waals surface area contributed by atoms with Gasteiger partial charge in [-0.1, -0.05) is 12.1 Å². The highest BCUT2D eigenvalue weighted by molar-refractivity contribution is 5.76. The van der Waals surface area contributed by atoms with Gasteiger partial charge in [-0.2, -0.15) is 0 Å². The highest BCUT2D eigenvalue weighted by Gasteiger charge is 2.02. The third kappa shape index (κ3) is 4.65. The van der Waals surface area contributed by atoms with Gasteiger partial charge in [-0.05, 0) is 38.9 Å². The highest BCUT2D eigenvalue weighted by atomic mass is 16.5. The molecule has 0 aliphatic heterocycles. The van der Waals surface area contributed by atoms with Crippen molar-refractivity contribution in [1.29, 1.82) is 0 Å². The predicted molar refractivity (Wildman–Crippen MR) is 84.6 cm³/mol. The van der Waals surface area contributed by atoms with Crippen LogP contribution in [0.15, 0.2) is 35.4 Å². The van der Waals surface area contributed by atoms with Crippen molar-refractivity contribution < 1.29 is 4.74 Å². The van der Waals surface area contributed by atoms with Crippen molar-refractivity contribution in [2.45, 2.75) is 32.9 Å². The third-order valence-corrected chi connectivity index (χ3v) is 3.21. The van der Waals surface area contributed by atoms with E-state index in [2.05, 4.69) is 10.3 Å². The van der Waals surface area contributed by atoms with Crippen LogP contribution in [0.25, 0.3) is 10.9 Å². The van der Waals surface area contributed by atoms with Crippen LogP contribution in [0.3, 0.4) is 0 Å². The SMILES string of the molecule is CC(C)OCCCNCCn1cnc2ccccc2c1=O. The second-order valence-corrected chi connectivity index (χ2v) is 5.28. The van der Waals surface area contributed by atoms with Gasteiger partial charge in [0.2, 0.25) is 0 Å². The zero-order chi connectivity index (χ0) is 15.1. The summed E-state index contributed by atoms with van der Waals surface area (Å²) in [5.74, 6) is 0. The molecule has 5 nitrogen and oxygen atoms in total. The number of hydrogen-bond donors (Lipinski definition) is 1. The van der Waals surface area contributed by atoms with Crippen LogP contribution in [0.1, 0.15) is 20.3 Å². The molecule has 0 fully saturated rings. The average molecular weight is 289 g/mol. The van der Waals surface area contributed by atoms with Gasteiger partial charge in [-0.25, -0.2) is 4.98 Å². The molecule has 0 atom stereocenters. The lowest BCUT2D eigenvalue weighted by Gasteiger charge is -2.09. The first-order valence-electron chi connectivity index (χ1n) is 7.45. The monoisotopic (exact) mass is 289 g/mol. The fourth-order valence-electron chi connectivity index (χ4n) is 2.11. The number of fused-ring (bicyclic) bond motifs is 1. The van der Waals surface area contributed by atoms with Gasteiger partial charge in [0.1, 0.15) is 0 Å². The Bertz CT molecular complexity index is 622. The largest absolute Gasteiger partial charge is 0.379 e. The Kier molecular flexibility index (Phi) is 5.90. The number of aromatic nitrogens is 2. The quantitative estimate of drug-likeness (QED) is 0.753. The molecule has 5 heteroatoms. The molecule has 0 amide bonds. The van der Waals surface area contributed by atoms with Gasteiger partial charge in [0.15, 0.2) is 0 Å². The summed E-state index contributed by atoms with van der Waals surface area (Å²) in [7, 11) is 0. The molecule has 0 unspecified atom stereocenters. The number of nitrogens with one attached hydrogen (secondary N) is 1. The maximum absolute atomic E-state index is 12.2. The van der Waals surface area contributed by atoms with Crippen LogP contribution in [0.2, 0.25) is 0 Å². The van der Waals surface area contributed by atoms with E-state index in [1.807, 2.05) is 38.1 Å². The Morgan fingerprint density at radius 2 is 2.10 bits per heavy atom. The second kappa shape index (κ2) is 7.90. The Hall–Kier alpha value is -1.72. The molecule has 2 rings (SSSR count). The molecule has 0 radical (unpaired) electrons. The molecule has 1 heterocycles. The van der Waals surface area contributed by atoms with Gasteiger partial charge < -0.3 is 10.1 Å². The number of para-hydroxylation sites is 1. The number of hydrogen-bond acceptors (Lipinski definition) is 4. The Balaban J connectivity index is 1.79. The molecule has 1 N–H and O–H groups in total. The maximum atomic E-state index is 12.2. The van der Waals surface area contributed by atoms with Crippen LogP contribution in [-0.2, 0) is 11.3 Å². The van der Waals surface area contributed by atoms with Gasteiger partial charge in [0, 0.05) is 19.7 Å². The minimum absolute atomic E-state index is 0.0190. The molecule has 0 bridgehead atoms. The molecule has 0 spiro atoms. The van der Waals surface area contributed by atoms with E-state index >= 15 is 0 Å². The number of nitrogens with zero attached hydrogens (tertiary/aromatic N) is 2. The highest BCUT2D eigenvalue weighted by Crippen LogP contribution is 2.04. The first-order valence-corrected chi connectivity index (χ1v) is 7.45. The zero-order valence-corrected chi connectivity index (χ0v) is 12.7. The molecular formula is C16H23N3O2. The Labute approximate surface area is 125 Å². The number of ether oxygens (including phenoxy) is 1. The van der Waals surface area contributed by atoms with Gasteiger partial charge >= 0.3 is 0 Å². The van der Waals surface area contributed by atoms with Crippen LogP contribution in [0.5, 0.6) is 0 Å². The Morgan fingerprint density at radius 1 is 1.29 bits per heavy atom. The van der Waals surface area contributed by atoms with Gasteiger partial charge in [0.25, 0.3) is 5.56 Å². The summed E-state index contributed by atoms with van der Waals surface area (Å²) in [4.78, 5) is 16.5. The molecular weight excluding hydrogens is 266 g/mol. The zero-order valence-electron chi connectivity index (χ0n) is 12.7. The lowest BCUT2D eigenvalue weighted by Crippen LogP contribution is -2.28. The van der Waals surface area contributed by atoms with E-state index in [-0.39, 0.29) is 11.7 Å². The van der Waals surface area contributed by atoms with Crippen LogP contribution < -0.4 is 10.9 Å². The number of benzene rings is 1. The van der Waals surface area contributed by atoms with Crippen molar-refractivity contribution in [3.8, 4) is 0 Å². The van der Waals surface area contributed by atoms with E-state index in [1.54, 1.807) is 10.9 Å². The standard InChI is InChI=1S/C16H23N3O2/c1-13(2)21-11-5-8-17-9-10-19-12-18-15-7-4-3-6-14(15)16(19)20/h3-4,6-7,12-13,17H,5,8-11H2,1-2H3. The second-order valence-electron chi connectivity index (χ2n) is 5.28. The molecule has 1 aromatic carbocycles. The van der Waals surface area contributed by atoms with Crippen molar-refractivity contribution in [2.75, 3.05) is 19.7 Å². The van der Waals surface area contributed by atoms with E-state index < -0.39 is 0 Å². The lowest BCUT2D eigenvalue weighted by molar-refractivity contribution is 0.0771. The topological polar surface area (TPSA) is 56.1 Å². The lowest BCUT2D eigenvalue weighted by atomic mass is 10.2. The normalized spacial score (nSPS) is 11.4. The maximum Gasteiger partial charge on any atom is 0.261 e. The summed E-state index contributed by atoms with van der Waals surface area (Å²) >= 11 is 0. The summed E-state index contributed by atoms with van der Waals surface area (Å²) in [6.07, 6.45) is 2.88. The van der Waals surface area contributed by atoms with Crippen molar-refractivity contribution >= 4 is 10.9 Å². The molecule has 0 aliphatic carbocycles. The summed E-state index contributed by atoms with van der Waals surface area (Å²) in [5, 5.41) is 3.99. The first kappa shape index (κ1) is 15.7. The van der Waals surface area contributed by atoms with Crippen molar-refractivity contribution in [3.05, 3.63) is 40.9 Å². The van der Waals surface area contributed by atoms with Gasteiger partial charge in [-0.15, -0.1) is 0 Å². The van der Waals surface area contributed by atoms with Gasteiger partial charge in [0.05, 0.1) is 23.3 Å². The Morgan fingerprint density at radius 3 is 2.90 bits per heavy atom. The molecule has 1 aromatic heterocycles. The first-order chi connectivity index (χ1) is 10.2. The van der Waals surface area contributed by atoms with Crippen LogP contribution in [0, 0.1) is 0 Å². The minimum Gasteiger partial charge on any atom is -0.379 e. The third-order valence-electron chi connectivity index (χ3n) is 3.21. The summed E-state index contributed by atoms with van der Waals surface area (Å²) in [6, 6.07) is 7.43.